The van der Waals surface area contributed by atoms with Gasteiger partial charge in [-0.05, 0) is 24.5 Å². The highest BCUT2D eigenvalue weighted by Gasteiger charge is 2.10. The van der Waals surface area contributed by atoms with Crippen molar-refractivity contribution in [2.24, 2.45) is 10.9 Å². The summed E-state index contributed by atoms with van der Waals surface area (Å²) < 4.78 is 5.19. The molecule has 0 aliphatic carbocycles. The smallest absolute Gasteiger partial charge is 0.267 e. The van der Waals surface area contributed by atoms with E-state index in [1.165, 1.54) is 5.56 Å². The van der Waals surface area contributed by atoms with Crippen molar-refractivity contribution in [2.45, 2.75) is 26.4 Å². The predicted molar refractivity (Wildman–Crippen MR) is 95.6 cm³/mol. The Balaban J connectivity index is 1.51. The van der Waals surface area contributed by atoms with Gasteiger partial charge in [-0.25, -0.2) is 0 Å². The van der Waals surface area contributed by atoms with Gasteiger partial charge in [0.1, 0.15) is 5.84 Å². The fourth-order valence-corrected chi connectivity index (χ4v) is 2.38. The van der Waals surface area contributed by atoms with E-state index < -0.39 is 0 Å². The Morgan fingerprint density at radius 2 is 1.88 bits per heavy atom. The summed E-state index contributed by atoms with van der Waals surface area (Å²) in [7, 11) is 0. The van der Waals surface area contributed by atoms with E-state index in [2.05, 4.69) is 27.4 Å². The van der Waals surface area contributed by atoms with Crippen LogP contribution in [0.25, 0.3) is 11.4 Å². The largest absolute Gasteiger partial charge is 0.384 e. The van der Waals surface area contributed by atoms with E-state index >= 15 is 0 Å². The molecule has 0 saturated carbocycles. The number of aryl methyl sites for hydroxylation is 2. The quantitative estimate of drug-likeness (QED) is 0.405. The second-order valence-electron chi connectivity index (χ2n) is 5.67. The molecule has 2 aromatic carbocycles. The van der Waals surface area contributed by atoms with Gasteiger partial charge in [0.2, 0.25) is 5.82 Å². The molecule has 2 N–H and O–H groups in total. The van der Waals surface area contributed by atoms with Crippen molar-refractivity contribution in [2.75, 3.05) is 0 Å². The molecule has 0 aliphatic rings. The molecular formula is C19H20N4O2. The second kappa shape index (κ2) is 8.10. The van der Waals surface area contributed by atoms with E-state index in [-0.39, 0.29) is 6.61 Å². The molecule has 128 valence electrons. The highest BCUT2D eigenvalue weighted by Crippen LogP contribution is 2.19. The summed E-state index contributed by atoms with van der Waals surface area (Å²) in [4.78, 5) is 9.53. The maximum atomic E-state index is 5.86. The zero-order valence-electron chi connectivity index (χ0n) is 14.1. The summed E-state index contributed by atoms with van der Waals surface area (Å²) in [6.45, 7) is 2.09. The number of nitrogens with zero attached hydrogens (tertiary/aromatic N) is 3. The number of nitrogens with two attached hydrogens (primary N) is 1. The maximum absolute atomic E-state index is 5.86. The van der Waals surface area contributed by atoms with Gasteiger partial charge in [-0.3, -0.25) is 0 Å². The van der Waals surface area contributed by atoms with E-state index in [1.54, 1.807) is 0 Å². The number of oxime groups is 1. The lowest BCUT2D eigenvalue weighted by molar-refractivity contribution is 0.104. The van der Waals surface area contributed by atoms with E-state index in [4.69, 9.17) is 15.1 Å². The average molecular weight is 336 g/mol. The molecule has 0 radical (unpaired) electrons. The first kappa shape index (κ1) is 16.7. The zero-order valence-corrected chi connectivity index (χ0v) is 14.1. The van der Waals surface area contributed by atoms with Crippen molar-refractivity contribution in [1.82, 2.24) is 10.1 Å². The molecule has 0 fully saturated rings. The molecule has 0 amide bonds. The average Bonchev–Trinajstić information content (AvgIpc) is 3.10. The van der Waals surface area contributed by atoms with E-state index in [9.17, 15) is 0 Å². The Kier molecular flexibility index (Phi) is 5.41. The molecular weight excluding hydrogens is 316 g/mol. The maximum Gasteiger partial charge on any atom is 0.267 e. The molecule has 0 saturated heterocycles. The minimum Gasteiger partial charge on any atom is -0.384 e. The molecule has 1 heterocycles. The van der Waals surface area contributed by atoms with Crippen molar-refractivity contribution in [3.05, 3.63) is 71.6 Å². The molecule has 6 heteroatoms. The first-order valence-electron chi connectivity index (χ1n) is 8.09. The van der Waals surface area contributed by atoms with Crippen LogP contribution < -0.4 is 5.73 Å². The van der Waals surface area contributed by atoms with Crippen LogP contribution in [0.4, 0.5) is 0 Å². The van der Waals surface area contributed by atoms with Crippen molar-refractivity contribution < 1.29 is 9.36 Å². The molecule has 1 aromatic heterocycles. The van der Waals surface area contributed by atoms with Crippen LogP contribution in [0.3, 0.4) is 0 Å². The Bertz CT molecular complexity index is 843. The fourth-order valence-electron chi connectivity index (χ4n) is 2.38. The highest BCUT2D eigenvalue weighted by molar-refractivity contribution is 5.79. The summed E-state index contributed by atoms with van der Waals surface area (Å²) in [5, 5.41) is 7.88. The van der Waals surface area contributed by atoms with Gasteiger partial charge in [-0.1, -0.05) is 64.9 Å². The highest BCUT2D eigenvalue weighted by atomic mass is 16.6. The van der Waals surface area contributed by atoms with E-state index in [0.717, 1.165) is 17.5 Å². The van der Waals surface area contributed by atoms with Gasteiger partial charge in [0.25, 0.3) is 5.89 Å². The van der Waals surface area contributed by atoms with Gasteiger partial charge in [0.05, 0.1) is 0 Å². The van der Waals surface area contributed by atoms with Crippen LogP contribution in [0, 0.1) is 6.92 Å². The van der Waals surface area contributed by atoms with Crippen LogP contribution in [-0.4, -0.2) is 16.0 Å². The van der Waals surface area contributed by atoms with Gasteiger partial charge < -0.3 is 15.1 Å². The van der Waals surface area contributed by atoms with Gasteiger partial charge in [-0.15, -0.1) is 0 Å². The van der Waals surface area contributed by atoms with Crippen LogP contribution in [0.15, 0.2) is 64.3 Å². The minimum absolute atomic E-state index is 0.0882. The molecule has 0 bridgehead atoms. The van der Waals surface area contributed by atoms with Crippen LogP contribution in [0.2, 0.25) is 0 Å². The van der Waals surface area contributed by atoms with Crippen molar-refractivity contribution in [1.29, 1.82) is 0 Å². The number of benzene rings is 2. The number of amidine groups is 1. The SMILES string of the molecule is Cc1ccccc1-c1noc(CO/N=C(\N)CCc2ccccc2)n1. The molecule has 0 spiro atoms. The van der Waals surface area contributed by atoms with Gasteiger partial charge in [-0.2, -0.15) is 4.98 Å². The Labute approximate surface area is 146 Å². The van der Waals surface area contributed by atoms with Crippen LogP contribution in [0.1, 0.15) is 23.4 Å². The monoisotopic (exact) mass is 336 g/mol. The molecule has 0 atom stereocenters. The van der Waals surface area contributed by atoms with E-state index in [1.807, 2.05) is 49.4 Å². The second-order valence-corrected chi connectivity index (χ2v) is 5.67. The lowest BCUT2D eigenvalue weighted by atomic mass is 10.1. The molecule has 3 aromatic rings. The standard InChI is InChI=1S/C19H20N4O2/c1-14-7-5-6-10-16(14)19-21-18(25-23-19)13-24-22-17(20)12-11-15-8-3-2-4-9-15/h2-10H,11-13H2,1H3,(H2,20,22). The Morgan fingerprint density at radius 1 is 1.12 bits per heavy atom. The Hall–Kier alpha value is -3.15. The third kappa shape index (κ3) is 4.67. The zero-order chi connectivity index (χ0) is 17.5. The first-order chi connectivity index (χ1) is 12.2. The van der Waals surface area contributed by atoms with Crippen LogP contribution in [0.5, 0.6) is 0 Å². The topological polar surface area (TPSA) is 86.5 Å². The predicted octanol–water partition coefficient (Wildman–Crippen LogP) is 3.47. The summed E-state index contributed by atoms with van der Waals surface area (Å²) in [5.74, 6) is 1.33. The summed E-state index contributed by atoms with van der Waals surface area (Å²) in [6.07, 6.45) is 1.44. The molecule has 0 aliphatic heterocycles. The van der Waals surface area contributed by atoms with Gasteiger partial charge in [0, 0.05) is 12.0 Å². The number of hydrogen-bond donors (Lipinski definition) is 1. The number of aromatic nitrogens is 2. The summed E-state index contributed by atoms with van der Waals surface area (Å²) in [5.41, 5.74) is 9.08. The van der Waals surface area contributed by atoms with Crippen molar-refractivity contribution in [3.8, 4) is 11.4 Å². The summed E-state index contributed by atoms with van der Waals surface area (Å²) in [6, 6.07) is 18.0. The molecule has 0 unspecified atom stereocenters. The minimum atomic E-state index is 0.0882. The van der Waals surface area contributed by atoms with Crippen molar-refractivity contribution in [3.63, 3.8) is 0 Å². The lowest BCUT2D eigenvalue weighted by Gasteiger charge is -2.01. The van der Waals surface area contributed by atoms with Gasteiger partial charge >= 0.3 is 0 Å². The number of rotatable bonds is 7. The third-order valence-corrected chi connectivity index (χ3v) is 3.74. The normalized spacial score (nSPS) is 11.5. The van der Waals surface area contributed by atoms with Crippen molar-refractivity contribution >= 4 is 5.84 Å². The number of hydrogen-bond acceptors (Lipinski definition) is 5. The van der Waals surface area contributed by atoms with Crippen LogP contribution >= 0.6 is 0 Å². The molecule has 25 heavy (non-hydrogen) atoms. The lowest BCUT2D eigenvalue weighted by Crippen LogP contribution is -2.13. The van der Waals surface area contributed by atoms with Gasteiger partial charge in [0.15, 0.2) is 6.61 Å². The Morgan fingerprint density at radius 3 is 2.68 bits per heavy atom. The summed E-state index contributed by atoms with van der Waals surface area (Å²) >= 11 is 0. The van der Waals surface area contributed by atoms with Crippen LogP contribution in [-0.2, 0) is 17.9 Å². The van der Waals surface area contributed by atoms with E-state index in [0.29, 0.717) is 24.0 Å². The fraction of sp³-hybridized carbons (Fsp3) is 0.211. The third-order valence-electron chi connectivity index (χ3n) is 3.74. The molecule has 3 rings (SSSR count). The first-order valence-corrected chi connectivity index (χ1v) is 8.09. The molecule has 6 nitrogen and oxygen atoms in total.